The van der Waals surface area contributed by atoms with Crippen LogP contribution < -0.4 is 5.32 Å². The Morgan fingerprint density at radius 3 is 2.72 bits per heavy atom. The van der Waals surface area contributed by atoms with Crippen LogP contribution in [0, 0.1) is 11.3 Å². The second-order valence-corrected chi connectivity index (χ2v) is 4.45. The maximum absolute atomic E-state index is 8.94. The van der Waals surface area contributed by atoms with E-state index in [0.29, 0.717) is 29.3 Å². The highest BCUT2D eigenvalue weighted by Crippen LogP contribution is 2.54. The van der Waals surface area contributed by atoms with E-state index >= 15 is 0 Å². The molecule has 1 heterocycles. The van der Waals surface area contributed by atoms with Gasteiger partial charge in [-0.25, -0.2) is 4.98 Å². The first-order chi connectivity index (χ1) is 8.83. The van der Waals surface area contributed by atoms with Gasteiger partial charge in [-0.15, -0.1) is 0 Å². The van der Waals surface area contributed by atoms with Crippen molar-refractivity contribution >= 4 is 5.88 Å². The standard InChI is InChI=1S/C14H13N3O/c1-16-14-12(8-15)17-13(18-14)11-7-10(11)9-5-3-2-4-6-9/h2-6,10-11,16H,7H2,1H3/t10-,11-/m1/s1. The molecule has 0 radical (unpaired) electrons. The number of oxazole rings is 1. The van der Waals surface area contributed by atoms with Gasteiger partial charge >= 0.3 is 0 Å². The van der Waals surface area contributed by atoms with Gasteiger partial charge in [0, 0.05) is 13.0 Å². The van der Waals surface area contributed by atoms with E-state index in [1.807, 2.05) is 24.3 Å². The molecule has 0 amide bonds. The number of nitrogens with zero attached hydrogens (tertiary/aromatic N) is 2. The molecule has 90 valence electrons. The van der Waals surface area contributed by atoms with Crippen LogP contribution >= 0.6 is 0 Å². The number of hydrogen-bond donors (Lipinski definition) is 1. The third-order valence-electron chi connectivity index (χ3n) is 3.31. The van der Waals surface area contributed by atoms with Crippen molar-refractivity contribution in [2.75, 3.05) is 12.4 Å². The molecule has 3 rings (SSSR count). The molecule has 1 aliphatic carbocycles. The van der Waals surface area contributed by atoms with Gasteiger partial charge in [0.15, 0.2) is 0 Å². The van der Waals surface area contributed by atoms with E-state index in [4.69, 9.17) is 9.68 Å². The predicted octanol–water partition coefficient (Wildman–Crippen LogP) is 2.86. The zero-order valence-electron chi connectivity index (χ0n) is 10.1. The van der Waals surface area contributed by atoms with Crippen molar-refractivity contribution in [1.29, 1.82) is 5.26 Å². The molecule has 1 aromatic heterocycles. The second-order valence-electron chi connectivity index (χ2n) is 4.45. The van der Waals surface area contributed by atoms with Crippen LogP contribution in [-0.2, 0) is 0 Å². The quantitative estimate of drug-likeness (QED) is 0.894. The van der Waals surface area contributed by atoms with Gasteiger partial charge < -0.3 is 9.73 Å². The van der Waals surface area contributed by atoms with Crippen molar-refractivity contribution in [2.24, 2.45) is 0 Å². The summed E-state index contributed by atoms with van der Waals surface area (Å²) in [7, 11) is 1.73. The topological polar surface area (TPSA) is 61.9 Å². The molecule has 0 spiro atoms. The summed E-state index contributed by atoms with van der Waals surface area (Å²) in [4.78, 5) is 4.25. The van der Waals surface area contributed by atoms with Crippen molar-refractivity contribution in [2.45, 2.75) is 18.3 Å². The number of anilines is 1. The normalized spacial score (nSPS) is 21.3. The van der Waals surface area contributed by atoms with Gasteiger partial charge in [-0.1, -0.05) is 30.3 Å². The van der Waals surface area contributed by atoms with E-state index in [2.05, 4.69) is 22.4 Å². The monoisotopic (exact) mass is 239 g/mol. The Kier molecular flexibility index (Phi) is 2.52. The van der Waals surface area contributed by atoms with E-state index in [1.165, 1.54) is 5.56 Å². The number of hydrogen-bond acceptors (Lipinski definition) is 4. The van der Waals surface area contributed by atoms with E-state index in [9.17, 15) is 0 Å². The van der Waals surface area contributed by atoms with Gasteiger partial charge in [0.2, 0.25) is 17.5 Å². The number of benzene rings is 1. The van der Waals surface area contributed by atoms with Crippen molar-refractivity contribution in [3.8, 4) is 6.07 Å². The van der Waals surface area contributed by atoms with E-state index in [1.54, 1.807) is 7.05 Å². The Bertz CT molecular complexity index is 597. The van der Waals surface area contributed by atoms with Crippen LogP contribution in [0.1, 0.15) is 35.4 Å². The van der Waals surface area contributed by atoms with E-state index < -0.39 is 0 Å². The molecule has 0 bridgehead atoms. The maximum atomic E-state index is 8.94. The SMILES string of the molecule is CNc1oc([C@@H]2C[C@@H]2c2ccccc2)nc1C#N. The first kappa shape index (κ1) is 10.8. The summed E-state index contributed by atoms with van der Waals surface area (Å²) in [5.74, 6) is 1.92. The zero-order valence-corrected chi connectivity index (χ0v) is 10.1. The van der Waals surface area contributed by atoms with E-state index in [0.717, 1.165) is 6.42 Å². The van der Waals surface area contributed by atoms with Gasteiger partial charge in [-0.05, 0) is 17.9 Å². The minimum Gasteiger partial charge on any atom is -0.424 e. The fourth-order valence-corrected chi connectivity index (χ4v) is 2.28. The third-order valence-corrected chi connectivity index (χ3v) is 3.31. The Morgan fingerprint density at radius 1 is 1.33 bits per heavy atom. The average Bonchev–Trinajstić information content (AvgIpc) is 3.12. The molecule has 1 N–H and O–H groups in total. The first-order valence-electron chi connectivity index (χ1n) is 5.97. The van der Waals surface area contributed by atoms with Crippen LogP contribution in [0.4, 0.5) is 5.88 Å². The molecule has 2 aromatic rings. The number of nitriles is 1. The Hall–Kier alpha value is -2.28. The molecular formula is C14H13N3O. The molecule has 1 aliphatic rings. The van der Waals surface area contributed by atoms with Crippen LogP contribution in [0.25, 0.3) is 0 Å². The predicted molar refractivity (Wildman–Crippen MR) is 67.3 cm³/mol. The lowest BCUT2D eigenvalue weighted by molar-refractivity contribution is 0.507. The zero-order chi connectivity index (χ0) is 12.5. The molecule has 1 fully saturated rings. The molecule has 4 heteroatoms. The smallest absolute Gasteiger partial charge is 0.231 e. The summed E-state index contributed by atoms with van der Waals surface area (Å²) >= 11 is 0. The van der Waals surface area contributed by atoms with Gasteiger partial charge in [-0.2, -0.15) is 5.26 Å². The van der Waals surface area contributed by atoms with Crippen molar-refractivity contribution in [1.82, 2.24) is 4.98 Å². The molecule has 4 nitrogen and oxygen atoms in total. The van der Waals surface area contributed by atoms with Crippen molar-refractivity contribution in [3.63, 3.8) is 0 Å². The average molecular weight is 239 g/mol. The lowest BCUT2D eigenvalue weighted by atomic mass is 10.1. The van der Waals surface area contributed by atoms with Gasteiger partial charge in [0.05, 0.1) is 0 Å². The van der Waals surface area contributed by atoms with Crippen LogP contribution in [-0.4, -0.2) is 12.0 Å². The molecule has 2 atom stereocenters. The van der Waals surface area contributed by atoms with Gasteiger partial charge in [0.25, 0.3) is 0 Å². The number of aromatic nitrogens is 1. The molecular weight excluding hydrogens is 226 g/mol. The number of rotatable bonds is 3. The van der Waals surface area contributed by atoms with Gasteiger partial charge in [0.1, 0.15) is 6.07 Å². The van der Waals surface area contributed by atoms with Crippen LogP contribution in [0.2, 0.25) is 0 Å². The first-order valence-corrected chi connectivity index (χ1v) is 5.97. The Labute approximate surface area is 105 Å². The molecule has 1 aromatic carbocycles. The summed E-state index contributed by atoms with van der Waals surface area (Å²) in [6.07, 6.45) is 1.04. The van der Waals surface area contributed by atoms with Crippen molar-refractivity contribution in [3.05, 3.63) is 47.5 Å². The summed E-state index contributed by atoms with van der Waals surface area (Å²) in [6, 6.07) is 12.4. The Morgan fingerprint density at radius 2 is 2.11 bits per heavy atom. The molecule has 18 heavy (non-hydrogen) atoms. The summed E-state index contributed by atoms with van der Waals surface area (Å²) in [5.41, 5.74) is 1.65. The highest BCUT2D eigenvalue weighted by Gasteiger charge is 2.43. The fourth-order valence-electron chi connectivity index (χ4n) is 2.28. The Balaban J connectivity index is 1.83. The molecule has 0 unspecified atom stereocenters. The second kappa shape index (κ2) is 4.19. The highest BCUT2D eigenvalue weighted by atomic mass is 16.4. The van der Waals surface area contributed by atoms with Crippen LogP contribution in [0.15, 0.2) is 34.7 Å². The third kappa shape index (κ3) is 1.74. The largest absolute Gasteiger partial charge is 0.424 e. The van der Waals surface area contributed by atoms with Crippen molar-refractivity contribution < 1.29 is 4.42 Å². The highest BCUT2D eigenvalue weighted by molar-refractivity contribution is 5.46. The molecule has 0 aliphatic heterocycles. The summed E-state index contributed by atoms with van der Waals surface area (Å²) in [6.45, 7) is 0. The van der Waals surface area contributed by atoms with Crippen LogP contribution in [0.3, 0.4) is 0 Å². The maximum Gasteiger partial charge on any atom is 0.231 e. The molecule has 1 saturated carbocycles. The van der Waals surface area contributed by atoms with Crippen LogP contribution in [0.5, 0.6) is 0 Å². The molecule has 0 saturated heterocycles. The minimum absolute atomic E-state index is 0.307. The number of nitrogens with one attached hydrogen (secondary N) is 1. The lowest BCUT2D eigenvalue weighted by Gasteiger charge is -1.97. The summed E-state index contributed by atoms with van der Waals surface area (Å²) < 4.78 is 5.59. The van der Waals surface area contributed by atoms with Gasteiger partial charge in [-0.3, -0.25) is 0 Å². The summed E-state index contributed by atoms with van der Waals surface area (Å²) in [5, 5.41) is 11.8. The minimum atomic E-state index is 0.307. The lowest BCUT2D eigenvalue weighted by Crippen LogP contribution is -1.87. The van der Waals surface area contributed by atoms with E-state index in [-0.39, 0.29) is 0 Å². The fraction of sp³-hybridized carbons (Fsp3) is 0.286.